The zero-order valence-electron chi connectivity index (χ0n) is 13.3. The highest BCUT2D eigenvalue weighted by Gasteiger charge is 2.33. The van der Waals surface area contributed by atoms with Gasteiger partial charge in [0, 0.05) is 17.4 Å². The number of hydrogen-bond acceptors (Lipinski definition) is 1. The number of carbonyl (C=O) groups is 1. The molecule has 0 bridgehead atoms. The van der Waals surface area contributed by atoms with Crippen molar-refractivity contribution in [2.24, 2.45) is 5.41 Å². The molecule has 0 atom stereocenters. The van der Waals surface area contributed by atoms with E-state index >= 15 is 0 Å². The molecule has 1 aromatic carbocycles. The molecule has 3 heteroatoms. The summed E-state index contributed by atoms with van der Waals surface area (Å²) >= 11 is 3.63. The van der Waals surface area contributed by atoms with Gasteiger partial charge in [-0.05, 0) is 35.3 Å². The Morgan fingerprint density at radius 3 is 2.43 bits per heavy atom. The highest BCUT2D eigenvalue weighted by molar-refractivity contribution is 9.09. The Morgan fingerprint density at radius 2 is 1.86 bits per heavy atom. The number of halogens is 1. The topological polar surface area (TPSA) is 29.1 Å². The highest BCUT2D eigenvalue weighted by atomic mass is 79.9. The summed E-state index contributed by atoms with van der Waals surface area (Å²) in [5, 5.41) is 4.15. The lowest BCUT2D eigenvalue weighted by Crippen LogP contribution is -2.37. The van der Waals surface area contributed by atoms with Crippen LogP contribution in [-0.4, -0.2) is 17.8 Å². The second-order valence-electron chi connectivity index (χ2n) is 7.32. The first-order valence-corrected chi connectivity index (χ1v) is 8.94. The third kappa shape index (κ3) is 3.88. The maximum absolute atomic E-state index is 12.6. The largest absolute Gasteiger partial charge is 0.351 e. The Bertz CT molecular complexity index is 498. The van der Waals surface area contributed by atoms with Gasteiger partial charge in [-0.2, -0.15) is 0 Å². The summed E-state index contributed by atoms with van der Waals surface area (Å²) in [6.45, 7) is 7.22. The first-order chi connectivity index (χ1) is 9.88. The van der Waals surface area contributed by atoms with Crippen molar-refractivity contribution >= 4 is 21.8 Å². The van der Waals surface area contributed by atoms with Crippen LogP contribution in [-0.2, 0) is 5.41 Å². The zero-order valence-corrected chi connectivity index (χ0v) is 14.9. The van der Waals surface area contributed by atoms with Crippen molar-refractivity contribution < 1.29 is 4.79 Å². The molecule has 0 radical (unpaired) electrons. The molecule has 0 spiro atoms. The number of benzene rings is 1. The van der Waals surface area contributed by atoms with E-state index in [0.717, 1.165) is 23.0 Å². The summed E-state index contributed by atoms with van der Waals surface area (Å²) < 4.78 is 0. The summed E-state index contributed by atoms with van der Waals surface area (Å²) in [5.41, 5.74) is 2.16. The van der Waals surface area contributed by atoms with Crippen LogP contribution >= 0.6 is 15.9 Å². The molecule has 2 rings (SSSR count). The van der Waals surface area contributed by atoms with E-state index in [1.807, 2.05) is 18.2 Å². The average molecular weight is 352 g/mol. The van der Waals surface area contributed by atoms with Crippen LogP contribution in [0.1, 0.15) is 62.4 Å². The second kappa shape index (κ2) is 6.51. The molecule has 1 fully saturated rings. The molecular formula is C18H26BrNO. The molecule has 1 aliphatic carbocycles. The predicted molar refractivity (Wildman–Crippen MR) is 92.2 cm³/mol. The SMILES string of the molecule is CC(C)(C)c1ccccc1C(=O)NCC1(CBr)CCCC1. The molecule has 0 aliphatic heterocycles. The second-order valence-corrected chi connectivity index (χ2v) is 7.88. The minimum atomic E-state index is -0.0194. The molecule has 1 aromatic rings. The monoisotopic (exact) mass is 351 g/mol. The van der Waals surface area contributed by atoms with Crippen molar-refractivity contribution in [3.05, 3.63) is 35.4 Å². The maximum atomic E-state index is 12.6. The summed E-state index contributed by atoms with van der Waals surface area (Å²) in [4.78, 5) is 12.6. The van der Waals surface area contributed by atoms with Crippen LogP contribution in [0, 0.1) is 5.41 Å². The van der Waals surface area contributed by atoms with Crippen LogP contribution in [0.2, 0.25) is 0 Å². The van der Waals surface area contributed by atoms with E-state index in [-0.39, 0.29) is 16.7 Å². The van der Waals surface area contributed by atoms with Crippen LogP contribution in [0.4, 0.5) is 0 Å². The van der Waals surface area contributed by atoms with Gasteiger partial charge < -0.3 is 5.32 Å². The molecule has 0 unspecified atom stereocenters. The quantitative estimate of drug-likeness (QED) is 0.784. The molecule has 21 heavy (non-hydrogen) atoms. The lowest BCUT2D eigenvalue weighted by Gasteiger charge is -2.28. The minimum absolute atomic E-state index is 0.0194. The first-order valence-electron chi connectivity index (χ1n) is 7.82. The van der Waals surface area contributed by atoms with Crippen molar-refractivity contribution in [3.8, 4) is 0 Å². The Kier molecular flexibility index (Phi) is 5.13. The summed E-state index contributed by atoms with van der Waals surface area (Å²) in [5.74, 6) is 0.0627. The lowest BCUT2D eigenvalue weighted by atomic mass is 9.83. The van der Waals surface area contributed by atoms with Crippen LogP contribution < -0.4 is 5.32 Å². The standard InChI is InChI=1S/C18H26BrNO/c1-17(2,3)15-9-5-4-8-14(15)16(21)20-13-18(12-19)10-6-7-11-18/h4-5,8-9H,6-7,10-13H2,1-3H3,(H,20,21). The molecule has 116 valence electrons. The van der Waals surface area contributed by atoms with E-state index in [2.05, 4.69) is 48.1 Å². The number of carbonyl (C=O) groups excluding carboxylic acids is 1. The lowest BCUT2D eigenvalue weighted by molar-refractivity contribution is 0.0933. The molecule has 0 saturated heterocycles. The van der Waals surface area contributed by atoms with E-state index in [1.165, 1.54) is 25.7 Å². The summed E-state index contributed by atoms with van der Waals surface area (Å²) in [6.07, 6.45) is 4.97. The molecule has 2 nitrogen and oxygen atoms in total. The third-order valence-corrected chi connectivity index (χ3v) is 5.74. The number of rotatable bonds is 4. The van der Waals surface area contributed by atoms with Gasteiger partial charge in [0.1, 0.15) is 0 Å². The third-order valence-electron chi connectivity index (χ3n) is 4.55. The number of nitrogens with one attached hydrogen (secondary N) is 1. The number of amides is 1. The van der Waals surface area contributed by atoms with Crippen molar-refractivity contribution in [2.75, 3.05) is 11.9 Å². The Labute approximate surface area is 136 Å². The Balaban J connectivity index is 2.11. The van der Waals surface area contributed by atoms with Crippen molar-refractivity contribution in [2.45, 2.75) is 51.9 Å². The van der Waals surface area contributed by atoms with E-state index < -0.39 is 0 Å². The van der Waals surface area contributed by atoms with E-state index in [4.69, 9.17) is 0 Å². The van der Waals surface area contributed by atoms with Crippen LogP contribution in [0.25, 0.3) is 0 Å². The van der Waals surface area contributed by atoms with Gasteiger partial charge in [-0.1, -0.05) is 67.7 Å². The fourth-order valence-corrected chi connectivity index (χ4v) is 3.94. The van der Waals surface area contributed by atoms with E-state index in [0.29, 0.717) is 0 Å². The Morgan fingerprint density at radius 1 is 1.24 bits per heavy atom. The van der Waals surface area contributed by atoms with Crippen molar-refractivity contribution in [3.63, 3.8) is 0 Å². The van der Waals surface area contributed by atoms with Gasteiger partial charge in [0.15, 0.2) is 0 Å². The number of alkyl halides is 1. The van der Waals surface area contributed by atoms with Gasteiger partial charge >= 0.3 is 0 Å². The van der Waals surface area contributed by atoms with Gasteiger partial charge in [0.25, 0.3) is 5.91 Å². The maximum Gasteiger partial charge on any atom is 0.251 e. The zero-order chi connectivity index (χ0) is 15.5. The fourth-order valence-electron chi connectivity index (χ4n) is 3.18. The van der Waals surface area contributed by atoms with Crippen molar-refractivity contribution in [1.82, 2.24) is 5.32 Å². The molecule has 1 N–H and O–H groups in total. The van der Waals surface area contributed by atoms with Crippen LogP contribution in [0.15, 0.2) is 24.3 Å². The van der Waals surface area contributed by atoms with Crippen molar-refractivity contribution in [1.29, 1.82) is 0 Å². The smallest absolute Gasteiger partial charge is 0.251 e. The fraction of sp³-hybridized carbons (Fsp3) is 0.611. The first kappa shape index (κ1) is 16.5. The summed E-state index contributed by atoms with van der Waals surface area (Å²) in [6, 6.07) is 7.95. The normalized spacial score (nSPS) is 17.7. The molecular weight excluding hydrogens is 326 g/mol. The summed E-state index contributed by atoms with van der Waals surface area (Å²) in [7, 11) is 0. The molecule has 0 heterocycles. The van der Waals surface area contributed by atoms with E-state index in [9.17, 15) is 4.79 Å². The average Bonchev–Trinajstić information content (AvgIpc) is 2.93. The minimum Gasteiger partial charge on any atom is -0.351 e. The Hall–Kier alpha value is -0.830. The van der Waals surface area contributed by atoms with Crippen LogP contribution in [0.5, 0.6) is 0 Å². The van der Waals surface area contributed by atoms with Gasteiger partial charge in [0.2, 0.25) is 0 Å². The molecule has 1 amide bonds. The molecule has 1 aliphatic rings. The molecule has 1 saturated carbocycles. The van der Waals surface area contributed by atoms with E-state index in [1.54, 1.807) is 0 Å². The van der Waals surface area contributed by atoms with Gasteiger partial charge in [-0.25, -0.2) is 0 Å². The van der Waals surface area contributed by atoms with Crippen LogP contribution in [0.3, 0.4) is 0 Å². The number of hydrogen-bond donors (Lipinski definition) is 1. The molecule has 0 aromatic heterocycles. The van der Waals surface area contributed by atoms with Gasteiger partial charge in [0.05, 0.1) is 0 Å². The highest BCUT2D eigenvalue weighted by Crippen LogP contribution is 2.39. The van der Waals surface area contributed by atoms with Gasteiger partial charge in [-0.3, -0.25) is 4.79 Å². The van der Waals surface area contributed by atoms with Gasteiger partial charge in [-0.15, -0.1) is 0 Å². The predicted octanol–water partition coefficient (Wildman–Crippen LogP) is 4.67.